The van der Waals surface area contributed by atoms with Crippen molar-refractivity contribution in [3.8, 4) is 0 Å². The van der Waals surface area contributed by atoms with Crippen LogP contribution in [0, 0.1) is 0 Å². The summed E-state index contributed by atoms with van der Waals surface area (Å²) in [5.41, 5.74) is 6.54. The van der Waals surface area contributed by atoms with Gasteiger partial charge in [-0.2, -0.15) is 0 Å². The fraction of sp³-hybridized carbons (Fsp3) is 0.722. The summed E-state index contributed by atoms with van der Waals surface area (Å²) < 4.78 is 20.6. The fourth-order valence-corrected chi connectivity index (χ4v) is 4.11. The molecule has 0 spiro atoms. The van der Waals surface area contributed by atoms with E-state index in [0.29, 0.717) is 17.0 Å². The van der Waals surface area contributed by atoms with Crippen LogP contribution in [-0.4, -0.2) is 43.6 Å². The van der Waals surface area contributed by atoms with Crippen molar-refractivity contribution in [1.29, 1.82) is 0 Å². The molecule has 0 radical (unpaired) electrons. The number of nitrogens with two attached hydrogens (primary N) is 1. The SMILES string of the molecule is CCCCCCC1O[C@@H]2C(C)O[C@@H](n3cnc4c(N)ncnc43)[C@]2(C)O1. The monoisotopic (exact) mass is 361 g/mol. The van der Waals surface area contributed by atoms with Gasteiger partial charge in [0.15, 0.2) is 24.0 Å². The lowest BCUT2D eigenvalue weighted by atomic mass is 9.97. The van der Waals surface area contributed by atoms with Crippen molar-refractivity contribution in [2.24, 2.45) is 0 Å². The van der Waals surface area contributed by atoms with Gasteiger partial charge in [-0.05, 0) is 26.7 Å². The second kappa shape index (κ2) is 6.75. The topological polar surface area (TPSA) is 97.3 Å². The minimum absolute atomic E-state index is 0.0812. The minimum atomic E-state index is -0.595. The van der Waals surface area contributed by atoms with E-state index in [1.165, 1.54) is 25.6 Å². The van der Waals surface area contributed by atoms with Gasteiger partial charge in [-0.15, -0.1) is 0 Å². The molecule has 0 bridgehead atoms. The molecular weight excluding hydrogens is 334 g/mol. The molecule has 26 heavy (non-hydrogen) atoms. The molecule has 2 fully saturated rings. The van der Waals surface area contributed by atoms with E-state index in [-0.39, 0.29) is 24.7 Å². The van der Waals surface area contributed by atoms with Gasteiger partial charge in [0, 0.05) is 0 Å². The number of ether oxygens (including phenoxy) is 3. The maximum atomic E-state index is 6.37. The van der Waals surface area contributed by atoms with Gasteiger partial charge in [-0.1, -0.05) is 26.2 Å². The van der Waals surface area contributed by atoms with Crippen LogP contribution in [0.15, 0.2) is 12.7 Å². The number of hydrogen-bond donors (Lipinski definition) is 1. The quantitative estimate of drug-likeness (QED) is 0.790. The van der Waals surface area contributed by atoms with E-state index >= 15 is 0 Å². The summed E-state index contributed by atoms with van der Waals surface area (Å²) in [7, 11) is 0. The lowest BCUT2D eigenvalue weighted by molar-refractivity contribution is -0.167. The Bertz CT molecular complexity index is 781. The number of unbranched alkanes of at least 4 members (excludes halogenated alkanes) is 3. The van der Waals surface area contributed by atoms with Crippen LogP contribution in [-0.2, 0) is 14.2 Å². The number of nitrogens with zero attached hydrogens (tertiary/aromatic N) is 4. The second-order valence-corrected chi connectivity index (χ2v) is 7.41. The van der Waals surface area contributed by atoms with E-state index in [1.54, 1.807) is 6.33 Å². The Kier molecular flexibility index (Phi) is 4.58. The Morgan fingerprint density at radius 2 is 2.04 bits per heavy atom. The summed E-state index contributed by atoms with van der Waals surface area (Å²) in [6.07, 6.45) is 8.06. The predicted molar refractivity (Wildman–Crippen MR) is 96.2 cm³/mol. The van der Waals surface area contributed by atoms with Gasteiger partial charge in [0.1, 0.15) is 23.5 Å². The molecule has 4 rings (SSSR count). The van der Waals surface area contributed by atoms with Crippen LogP contribution in [0.3, 0.4) is 0 Å². The first-order valence-corrected chi connectivity index (χ1v) is 9.46. The summed E-state index contributed by atoms with van der Waals surface area (Å²) in [6.45, 7) is 6.28. The molecule has 0 amide bonds. The number of aromatic nitrogens is 4. The summed E-state index contributed by atoms with van der Waals surface area (Å²) in [4.78, 5) is 12.7. The van der Waals surface area contributed by atoms with E-state index in [1.807, 2.05) is 18.4 Å². The Morgan fingerprint density at radius 1 is 1.19 bits per heavy atom. The summed E-state index contributed by atoms with van der Waals surface area (Å²) in [5, 5.41) is 0. The highest BCUT2D eigenvalue weighted by molar-refractivity contribution is 5.81. The largest absolute Gasteiger partial charge is 0.382 e. The third-order valence-corrected chi connectivity index (χ3v) is 5.44. The van der Waals surface area contributed by atoms with Crippen molar-refractivity contribution in [2.75, 3.05) is 5.73 Å². The molecule has 5 atom stereocenters. The van der Waals surface area contributed by atoms with Gasteiger partial charge in [-0.3, -0.25) is 4.57 Å². The summed E-state index contributed by atoms with van der Waals surface area (Å²) in [6, 6.07) is 0. The van der Waals surface area contributed by atoms with Crippen molar-refractivity contribution in [3.63, 3.8) is 0 Å². The lowest BCUT2D eigenvalue weighted by Gasteiger charge is -2.28. The molecule has 2 unspecified atom stereocenters. The second-order valence-electron chi connectivity index (χ2n) is 7.41. The van der Waals surface area contributed by atoms with Gasteiger partial charge in [-0.25, -0.2) is 15.0 Å². The molecule has 142 valence electrons. The maximum Gasteiger partial charge on any atom is 0.168 e. The molecule has 0 saturated carbocycles. The van der Waals surface area contributed by atoms with Gasteiger partial charge in [0.2, 0.25) is 0 Å². The van der Waals surface area contributed by atoms with Crippen molar-refractivity contribution < 1.29 is 14.2 Å². The number of hydrogen-bond acceptors (Lipinski definition) is 7. The first-order chi connectivity index (χ1) is 12.5. The average molecular weight is 361 g/mol. The van der Waals surface area contributed by atoms with E-state index in [9.17, 15) is 0 Å². The first kappa shape index (κ1) is 17.6. The minimum Gasteiger partial charge on any atom is -0.382 e. The predicted octanol–water partition coefficient (Wildman–Crippen LogP) is 2.80. The molecule has 2 aromatic rings. The normalized spacial score (nSPS) is 33.8. The van der Waals surface area contributed by atoms with Crippen molar-refractivity contribution in [2.45, 2.75) is 83.2 Å². The van der Waals surface area contributed by atoms with E-state index in [2.05, 4.69) is 21.9 Å². The number of rotatable bonds is 6. The molecule has 0 aromatic carbocycles. The van der Waals surface area contributed by atoms with E-state index in [0.717, 1.165) is 12.8 Å². The third-order valence-electron chi connectivity index (χ3n) is 5.44. The smallest absolute Gasteiger partial charge is 0.168 e. The van der Waals surface area contributed by atoms with Crippen LogP contribution >= 0.6 is 0 Å². The van der Waals surface area contributed by atoms with Crippen LogP contribution in [0.1, 0.15) is 59.1 Å². The molecule has 8 nitrogen and oxygen atoms in total. The van der Waals surface area contributed by atoms with Crippen molar-refractivity contribution in [3.05, 3.63) is 12.7 Å². The van der Waals surface area contributed by atoms with Crippen LogP contribution in [0.25, 0.3) is 11.2 Å². The van der Waals surface area contributed by atoms with Crippen molar-refractivity contribution >= 4 is 17.0 Å². The highest BCUT2D eigenvalue weighted by Gasteiger charge is 2.61. The molecule has 2 aliphatic heterocycles. The molecule has 8 heteroatoms. The molecular formula is C18H27N5O3. The number of anilines is 1. The average Bonchev–Trinajstić information content (AvgIpc) is 3.25. The standard InChI is InChI=1S/C18H27N5O3/c1-4-5-6-7-8-12-25-14-11(2)24-17(18(14,3)26-12)23-10-22-13-15(19)20-9-21-16(13)23/h9-12,14,17H,4-8H2,1-3H3,(H2,19,20,21)/t11?,12?,14-,17-,18-/m1/s1. The van der Waals surface area contributed by atoms with E-state index in [4.69, 9.17) is 19.9 Å². The Balaban J connectivity index is 1.57. The third kappa shape index (κ3) is 2.76. The number of nitrogen functional groups attached to an aromatic ring is 1. The highest BCUT2D eigenvalue weighted by Crippen LogP contribution is 2.49. The van der Waals surface area contributed by atoms with E-state index < -0.39 is 5.60 Å². The van der Waals surface area contributed by atoms with Crippen LogP contribution < -0.4 is 5.73 Å². The fourth-order valence-electron chi connectivity index (χ4n) is 4.11. The lowest BCUT2D eigenvalue weighted by Crippen LogP contribution is -2.40. The van der Waals surface area contributed by atoms with Crippen LogP contribution in [0.4, 0.5) is 5.82 Å². The zero-order valence-corrected chi connectivity index (χ0v) is 15.6. The number of imidazole rings is 1. The molecule has 4 heterocycles. The van der Waals surface area contributed by atoms with Crippen LogP contribution in [0.2, 0.25) is 0 Å². The molecule has 0 aliphatic carbocycles. The van der Waals surface area contributed by atoms with Gasteiger partial charge >= 0.3 is 0 Å². The van der Waals surface area contributed by atoms with Crippen molar-refractivity contribution in [1.82, 2.24) is 19.5 Å². The van der Waals surface area contributed by atoms with Gasteiger partial charge in [0.05, 0.1) is 12.4 Å². The van der Waals surface area contributed by atoms with Gasteiger partial charge in [0.25, 0.3) is 0 Å². The first-order valence-electron chi connectivity index (χ1n) is 9.46. The molecule has 2 N–H and O–H groups in total. The zero-order chi connectivity index (χ0) is 18.3. The molecule has 2 aliphatic rings. The highest BCUT2D eigenvalue weighted by atomic mass is 16.8. The molecule has 2 saturated heterocycles. The maximum absolute atomic E-state index is 6.37. The summed E-state index contributed by atoms with van der Waals surface area (Å²) in [5.74, 6) is 0.360. The van der Waals surface area contributed by atoms with Gasteiger partial charge < -0.3 is 19.9 Å². The Labute approximate surface area is 153 Å². The molecule has 2 aromatic heterocycles. The summed E-state index contributed by atoms with van der Waals surface area (Å²) >= 11 is 0. The zero-order valence-electron chi connectivity index (χ0n) is 15.6. The van der Waals surface area contributed by atoms with Crippen LogP contribution in [0.5, 0.6) is 0 Å². The Hall–Kier alpha value is -1.77. The number of fused-ring (bicyclic) bond motifs is 2. The Morgan fingerprint density at radius 3 is 2.85 bits per heavy atom.